The number of benzene rings is 2. The van der Waals surface area contributed by atoms with Crippen molar-refractivity contribution in [3.63, 3.8) is 0 Å². The average molecular weight is 357 g/mol. The first-order valence-corrected chi connectivity index (χ1v) is 8.27. The van der Waals surface area contributed by atoms with Gasteiger partial charge in [-0.25, -0.2) is 9.59 Å². The first-order valence-electron chi connectivity index (χ1n) is 7.90. The molecular weight excluding hydrogens is 340 g/mol. The van der Waals surface area contributed by atoms with Gasteiger partial charge in [-0.3, -0.25) is 0 Å². The Morgan fingerprint density at radius 3 is 2.60 bits per heavy atom. The topological polar surface area (TPSA) is 67.4 Å². The van der Waals surface area contributed by atoms with Gasteiger partial charge in [-0.1, -0.05) is 54.1 Å². The quantitative estimate of drug-likeness (QED) is 0.821. The molecule has 2 amide bonds. The van der Waals surface area contributed by atoms with Crippen LogP contribution in [0.2, 0.25) is 5.02 Å². The summed E-state index contributed by atoms with van der Waals surface area (Å²) in [6.45, 7) is 1.98. The van der Waals surface area contributed by atoms with E-state index < -0.39 is 18.0 Å². The van der Waals surface area contributed by atoms with Crippen LogP contribution in [0.15, 0.2) is 60.2 Å². The normalized spacial score (nSPS) is 16.9. The van der Waals surface area contributed by atoms with E-state index in [1.165, 1.54) is 0 Å². The highest BCUT2D eigenvalue weighted by atomic mass is 35.5. The molecule has 0 unspecified atom stereocenters. The van der Waals surface area contributed by atoms with E-state index in [4.69, 9.17) is 16.3 Å². The Labute approximate surface area is 150 Å². The van der Waals surface area contributed by atoms with Gasteiger partial charge in [0, 0.05) is 5.02 Å². The van der Waals surface area contributed by atoms with Gasteiger partial charge in [0.15, 0.2) is 0 Å². The number of esters is 1. The number of nitrogens with one attached hydrogen (secondary N) is 2. The summed E-state index contributed by atoms with van der Waals surface area (Å²) < 4.78 is 5.23. The fraction of sp³-hybridized carbons (Fsp3) is 0.158. The number of hydrogen-bond acceptors (Lipinski definition) is 3. The van der Waals surface area contributed by atoms with E-state index >= 15 is 0 Å². The van der Waals surface area contributed by atoms with E-state index in [0.29, 0.717) is 21.9 Å². The second-order valence-corrected chi connectivity index (χ2v) is 5.90. The molecule has 3 rings (SSSR count). The maximum absolute atomic E-state index is 12.7. The molecule has 1 atom stereocenters. The SMILES string of the molecule is CCOC(=O)C1=C(c2ccccc2)NC(=O)N[C@@H]1c1cccc(Cl)c1. The van der Waals surface area contributed by atoms with E-state index in [1.54, 1.807) is 25.1 Å². The lowest BCUT2D eigenvalue weighted by Gasteiger charge is -2.29. The van der Waals surface area contributed by atoms with Crippen molar-refractivity contribution in [3.8, 4) is 0 Å². The lowest BCUT2D eigenvalue weighted by Crippen LogP contribution is -2.45. The third kappa shape index (κ3) is 3.67. The summed E-state index contributed by atoms with van der Waals surface area (Å²) in [6, 6.07) is 15.2. The Hall–Kier alpha value is -2.79. The van der Waals surface area contributed by atoms with Gasteiger partial charge in [-0.05, 0) is 30.2 Å². The van der Waals surface area contributed by atoms with Gasteiger partial charge in [-0.15, -0.1) is 0 Å². The molecule has 1 heterocycles. The number of amides is 2. The average Bonchev–Trinajstić information content (AvgIpc) is 2.62. The molecule has 0 bridgehead atoms. The molecule has 2 aromatic rings. The fourth-order valence-corrected chi connectivity index (χ4v) is 2.96. The van der Waals surface area contributed by atoms with Crippen LogP contribution in [0.5, 0.6) is 0 Å². The van der Waals surface area contributed by atoms with E-state index in [0.717, 1.165) is 5.56 Å². The van der Waals surface area contributed by atoms with Crippen molar-refractivity contribution in [3.05, 3.63) is 76.3 Å². The largest absolute Gasteiger partial charge is 0.463 e. The molecule has 128 valence electrons. The van der Waals surface area contributed by atoms with Gasteiger partial charge in [0.05, 0.1) is 23.9 Å². The van der Waals surface area contributed by atoms with Crippen LogP contribution >= 0.6 is 11.6 Å². The van der Waals surface area contributed by atoms with Gasteiger partial charge in [0.2, 0.25) is 0 Å². The van der Waals surface area contributed by atoms with E-state index in [2.05, 4.69) is 10.6 Å². The van der Waals surface area contributed by atoms with Gasteiger partial charge in [-0.2, -0.15) is 0 Å². The number of carbonyl (C=O) groups excluding carboxylic acids is 2. The maximum atomic E-state index is 12.7. The molecule has 0 fully saturated rings. The molecule has 0 spiro atoms. The molecule has 5 nitrogen and oxygen atoms in total. The summed E-state index contributed by atoms with van der Waals surface area (Å²) in [5.41, 5.74) is 2.22. The molecule has 0 aliphatic carbocycles. The van der Waals surface area contributed by atoms with Crippen LogP contribution in [0.3, 0.4) is 0 Å². The van der Waals surface area contributed by atoms with E-state index in [1.807, 2.05) is 36.4 Å². The Kier molecular flexibility index (Phi) is 5.05. The maximum Gasteiger partial charge on any atom is 0.338 e. The molecule has 1 aliphatic heterocycles. The zero-order valence-electron chi connectivity index (χ0n) is 13.6. The Morgan fingerprint density at radius 1 is 1.16 bits per heavy atom. The highest BCUT2D eigenvalue weighted by Gasteiger charge is 2.34. The number of ether oxygens (including phenoxy) is 1. The minimum absolute atomic E-state index is 0.237. The number of rotatable bonds is 4. The van der Waals surface area contributed by atoms with Gasteiger partial charge in [0.25, 0.3) is 0 Å². The van der Waals surface area contributed by atoms with Crippen LogP contribution in [-0.2, 0) is 9.53 Å². The molecule has 6 heteroatoms. The van der Waals surface area contributed by atoms with Gasteiger partial charge in [0.1, 0.15) is 0 Å². The highest BCUT2D eigenvalue weighted by molar-refractivity contribution is 6.30. The van der Waals surface area contributed by atoms with Crippen molar-refractivity contribution < 1.29 is 14.3 Å². The second-order valence-electron chi connectivity index (χ2n) is 5.46. The van der Waals surface area contributed by atoms with Crippen LogP contribution < -0.4 is 10.6 Å². The van der Waals surface area contributed by atoms with Crippen molar-refractivity contribution in [2.75, 3.05) is 6.61 Å². The number of halogens is 1. The van der Waals surface area contributed by atoms with Crippen LogP contribution in [0, 0.1) is 0 Å². The summed E-state index contributed by atoms with van der Waals surface area (Å²) in [5.74, 6) is -0.487. The lowest BCUT2D eigenvalue weighted by atomic mass is 9.93. The Balaban J connectivity index is 2.18. The summed E-state index contributed by atoms with van der Waals surface area (Å²) >= 11 is 6.08. The van der Waals surface area contributed by atoms with Crippen LogP contribution in [-0.4, -0.2) is 18.6 Å². The standard InChI is InChI=1S/C19H17ClN2O3/c1-2-25-18(23)15-16(12-7-4-3-5-8-12)21-19(24)22-17(15)13-9-6-10-14(20)11-13/h3-11,17H,2H2,1H3,(H2,21,22,24)/t17-/m1/s1. The summed E-state index contributed by atoms with van der Waals surface area (Å²) in [6.07, 6.45) is 0. The van der Waals surface area contributed by atoms with Crippen LogP contribution in [0.1, 0.15) is 24.1 Å². The van der Waals surface area contributed by atoms with Crippen molar-refractivity contribution >= 4 is 29.3 Å². The molecule has 25 heavy (non-hydrogen) atoms. The van der Waals surface area contributed by atoms with E-state index in [-0.39, 0.29) is 6.61 Å². The monoisotopic (exact) mass is 356 g/mol. The first kappa shape index (κ1) is 17.0. The van der Waals surface area contributed by atoms with Crippen LogP contribution in [0.25, 0.3) is 5.70 Å². The molecule has 0 radical (unpaired) electrons. The number of urea groups is 1. The number of carbonyl (C=O) groups is 2. The van der Waals surface area contributed by atoms with Gasteiger partial charge >= 0.3 is 12.0 Å². The van der Waals surface area contributed by atoms with Crippen molar-refractivity contribution in [1.82, 2.24) is 10.6 Å². The third-order valence-corrected chi connectivity index (χ3v) is 4.05. The molecule has 0 saturated heterocycles. The smallest absolute Gasteiger partial charge is 0.338 e. The minimum atomic E-state index is -0.651. The molecular formula is C19H17ClN2O3. The minimum Gasteiger partial charge on any atom is -0.463 e. The summed E-state index contributed by atoms with van der Waals surface area (Å²) in [5, 5.41) is 6.04. The van der Waals surface area contributed by atoms with Gasteiger partial charge < -0.3 is 15.4 Å². The molecule has 2 N–H and O–H groups in total. The highest BCUT2D eigenvalue weighted by Crippen LogP contribution is 2.32. The van der Waals surface area contributed by atoms with E-state index in [9.17, 15) is 9.59 Å². The van der Waals surface area contributed by atoms with Crippen LogP contribution in [0.4, 0.5) is 4.79 Å². The molecule has 0 aromatic heterocycles. The zero-order chi connectivity index (χ0) is 17.8. The van der Waals surface area contributed by atoms with Crippen molar-refractivity contribution in [1.29, 1.82) is 0 Å². The Bertz CT molecular complexity index is 834. The third-order valence-electron chi connectivity index (χ3n) is 3.81. The predicted octanol–water partition coefficient (Wildman–Crippen LogP) is 3.67. The summed E-state index contributed by atoms with van der Waals surface area (Å²) in [4.78, 5) is 24.9. The summed E-state index contributed by atoms with van der Waals surface area (Å²) in [7, 11) is 0. The fourth-order valence-electron chi connectivity index (χ4n) is 2.76. The lowest BCUT2D eigenvalue weighted by molar-refractivity contribution is -0.138. The molecule has 1 aliphatic rings. The molecule has 2 aromatic carbocycles. The Morgan fingerprint density at radius 2 is 1.92 bits per heavy atom. The first-order chi connectivity index (χ1) is 12.1. The second kappa shape index (κ2) is 7.40. The van der Waals surface area contributed by atoms with Crippen molar-refractivity contribution in [2.24, 2.45) is 0 Å². The predicted molar refractivity (Wildman–Crippen MR) is 95.9 cm³/mol. The zero-order valence-corrected chi connectivity index (χ0v) is 14.3. The number of hydrogen-bond donors (Lipinski definition) is 2. The molecule has 0 saturated carbocycles. The van der Waals surface area contributed by atoms with Crippen molar-refractivity contribution in [2.45, 2.75) is 13.0 Å².